The van der Waals surface area contributed by atoms with E-state index in [-0.39, 0.29) is 34.1 Å². The summed E-state index contributed by atoms with van der Waals surface area (Å²) in [7, 11) is 3.50. The molecule has 0 rings (SSSR count). The summed E-state index contributed by atoms with van der Waals surface area (Å²) < 4.78 is 0. The summed E-state index contributed by atoms with van der Waals surface area (Å²) in [6.45, 7) is 6.03. The van der Waals surface area contributed by atoms with Crippen LogP contribution in [-0.4, -0.2) is 27.2 Å². The van der Waals surface area contributed by atoms with Crippen molar-refractivity contribution in [3.63, 3.8) is 0 Å². The molecule has 0 saturated heterocycles. The molecule has 0 N–H and O–H groups in total. The first kappa shape index (κ1) is 22.4. The van der Waals surface area contributed by atoms with Gasteiger partial charge in [-0.1, -0.05) is 13.8 Å². The van der Waals surface area contributed by atoms with Crippen molar-refractivity contribution >= 4 is 0 Å². The molecular weight excluding hydrogens is 227 g/mol. The van der Waals surface area contributed by atoms with Crippen molar-refractivity contribution in [3.05, 3.63) is 10.6 Å². The zero-order valence-corrected chi connectivity index (χ0v) is 8.79. The maximum Gasteiger partial charge on any atom is 2.00 e. The van der Waals surface area contributed by atoms with Gasteiger partial charge < -0.3 is 10.6 Å². The zero-order valence-electron chi connectivity index (χ0n) is 6.91. The summed E-state index contributed by atoms with van der Waals surface area (Å²) in [6.07, 6.45) is 0. The van der Waals surface area contributed by atoms with Gasteiger partial charge >= 0.3 is 17.1 Å². The van der Waals surface area contributed by atoms with Crippen molar-refractivity contribution in [3.8, 4) is 0 Å². The van der Waals surface area contributed by atoms with Crippen LogP contribution < -0.4 is 0 Å². The Labute approximate surface area is 85.9 Å². The SMILES string of the molecule is CC[N-]CC.C[N-]C.[Cu+2].[Cu]. The van der Waals surface area contributed by atoms with E-state index in [2.05, 4.69) is 10.6 Å². The average molecular weight is 243 g/mol. The average Bonchev–Trinajstić information content (AvgIpc) is 1.71. The minimum atomic E-state index is 0. The Morgan fingerprint density at radius 3 is 1.20 bits per heavy atom. The van der Waals surface area contributed by atoms with E-state index in [4.69, 9.17) is 0 Å². The predicted octanol–water partition coefficient (Wildman–Crippen LogP) is 2.01. The molecule has 4 heteroatoms. The van der Waals surface area contributed by atoms with E-state index in [1.807, 2.05) is 13.8 Å². The third-order valence-electron chi connectivity index (χ3n) is 0.447. The van der Waals surface area contributed by atoms with Crippen LogP contribution in [0.3, 0.4) is 0 Å². The Balaban J connectivity index is -0.0000000326. The molecule has 0 saturated carbocycles. The molecule has 0 aromatic heterocycles. The first-order chi connectivity index (χ1) is 3.83. The van der Waals surface area contributed by atoms with E-state index in [9.17, 15) is 0 Å². The molecule has 0 unspecified atom stereocenters. The Kier molecular flexibility index (Phi) is 73.0. The van der Waals surface area contributed by atoms with E-state index >= 15 is 0 Å². The third kappa shape index (κ3) is 64.8. The molecule has 0 spiro atoms. The topological polar surface area (TPSA) is 28.2 Å². The molecule has 0 aliphatic rings. The Hall–Kier alpha value is 0.959. The number of nitrogens with zero attached hydrogens (tertiary/aromatic N) is 2. The molecule has 0 aromatic rings. The third-order valence-corrected chi connectivity index (χ3v) is 0.447. The fraction of sp³-hybridized carbons (Fsp3) is 1.00. The van der Waals surface area contributed by atoms with Gasteiger partial charge in [-0.2, -0.15) is 27.2 Å². The number of rotatable bonds is 2. The van der Waals surface area contributed by atoms with Gasteiger partial charge in [-0.25, -0.2) is 0 Å². The molecule has 0 amide bonds. The van der Waals surface area contributed by atoms with Gasteiger partial charge in [-0.3, -0.25) is 0 Å². The van der Waals surface area contributed by atoms with Gasteiger partial charge in [-0.05, 0) is 0 Å². The van der Waals surface area contributed by atoms with E-state index in [0.29, 0.717) is 0 Å². The van der Waals surface area contributed by atoms with Gasteiger partial charge in [0.25, 0.3) is 0 Å². The van der Waals surface area contributed by atoms with E-state index in [0.717, 1.165) is 13.1 Å². The van der Waals surface area contributed by atoms with E-state index < -0.39 is 0 Å². The van der Waals surface area contributed by atoms with Crippen LogP contribution >= 0.6 is 0 Å². The summed E-state index contributed by atoms with van der Waals surface area (Å²) in [5.74, 6) is 0. The smallest absolute Gasteiger partial charge is 0.668 e. The molecule has 72 valence electrons. The second-order valence-corrected chi connectivity index (χ2v) is 1.30. The van der Waals surface area contributed by atoms with Crippen LogP contribution in [0.1, 0.15) is 13.8 Å². The normalized spacial score (nSPS) is 6.00. The fourth-order valence-corrected chi connectivity index (χ4v) is 0.224. The van der Waals surface area contributed by atoms with Crippen LogP contribution in [0.5, 0.6) is 0 Å². The fourth-order valence-electron chi connectivity index (χ4n) is 0.224. The molecule has 0 atom stereocenters. The summed E-state index contributed by atoms with van der Waals surface area (Å²) >= 11 is 0. The van der Waals surface area contributed by atoms with E-state index in [1.54, 1.807) is 14.1 Å². The van der Waals surface area contributed by atoms with Crippen LogP contribution in [0.4, 0.5) is 0 Å². The van der Waals surface area contributed by atoms with Gasteiger partial charge in [0.05, 0.1) is 0 Å². The second-order valence-electron chi connectivity index (χ2n) is 1.30. The van der Waals surface area contributed by atoms with Gasteiger partial charge in [-0.15, -0.1) is 0 Å². The maximum atomic E-state index is 3.97. The molecule has 0 fully saturated rings. The predicted molar refractivity (Wildman–Crippen MR) is 39.6 cm³/mol. The summed E-state index contributed by atoms with van der Waals surface area (Å²) in [5.41, 5.74) is 0. The quantitative estimate of drug-likeness (QED) is 0.664. The van der Waals surface area contributed by atoms with Crippen molar-refractivity contribution in [2.24, 2.45) is 0 Å². The standard InChI is InChI=1S/C4H10N.C2H6N.2Cu/c1-3-5-4-2;1-3-2;;/h3-4H2,1-2H3;1-2H3;;/q2*-1;;+2. The molecule has 0 aliphatic heterocycles. The molecule has 2 nitrogen and oxygen atoms in total. The Bertz CT molecular complexity index is 27.7. The monoisotopic (exact) mass is 242 g/mol. The zero-order chi connectivity index (χ0) is 6.83. The number of hydrogen-bond donors (Lipinski definition) is 0. The van der Waals surface area contributed by atoms with Crippen LogP contribution in [0.15, 0.2) is 0 Å². The largest absolute Gasteiger partial charge is 2.00 e. The van der Waals surface area contributed by atoms with Crippen LogP contribution in [0.2, 0.25) is 0 Å². The summed E-state index contributed by atoms with van der Waals surface area (Å²) in [5, 5.41) is 7.47. The van der Waals surface area contributed by atoms with Crippen LogP contribution in [-0.2, 0) is 34.1 Å². The summed E-state index contributed by atoms with van der Waals surface area (Å²) in [4.78, 5) is 0. The van der Waals surface area contributed by atoms with E-state index in [1.165, 1.54) is 0 Å². The van der Waals surface area contributed by atoms with Gasteiger partial charge in [0.15, 0.2) is 0 Å². The van der Waals surface area contributed by atoms with Crippen molar-refractivity contribution in [1.82, 2.24) is 0 Å². The van der Waals surface area contributed by atoms with Gasteiger partial charge in [0, 0.05) is 17.1 Å². The minimum Gasteiger partial charge on any atom is -0.668 e. The maximum absolute atomic E-state index is 3.97. The Morgan fingerprint density at radius 1 is 1.00 bits per heavy atom. The molecule has 10 heavy (non-hydrogen) atoms. The Morgan fingerprint density at radius 2 is 1.20 bits per heavy atom. The van der Waals surface area contributed by atoms with Crippen LogP contribution in [0.25, 0.3) is 10.6 Å². The molecule has 0 aliphatic carbocycles. The van der Waals surface area contributed by atoms with Crippen molar-refractivity contribution < 1.29 is 34.1 Å². The molecular formula is C6H16Cu2N2. The molecule has 0 heterocycles. The summed E-state index contributed by atoms with van der Waals surface area (Å²) in [6, 6.07) is 0. The first-order valence-electron chi connectivity index (χ1n) is 2.94. The first-order valence-corrected chi connectivity index (χ1v) is 2.94. The van der Waals surface area contributed by atoms with Crippen molar-refractivity contribution in [2.45, 2.75) is 13.8 Å². The van der Waals surface area contributed by atoms with Crippen molar-refractivity contribution in [2.75, 3.05) is 27.2 Å². The van der Waals surface area contributed by atoms with Crippen LogP contribution in [0, 0.1) is 0 Å². The van der Waals surface area contributed by atoms with Gasteiger partial charge in [0.2, 0.25) is 0 Å². The van der Waals surface area contributed by atoms with Crippen molar-refractivity contribution in [1.29, 1.82) is 0 Å². The second kappa shape index (κ2) is 32.5. The molecule has 2 radical (unpaired) electrons. The molecule has 0 aromatic carbocycles. The molecule has 0 bridgehead atoms. The number of hydrogen-bond acceptors (Lipinski definition) is 0. The minimum absolute atomic E-state index is 0. The van der Waals surface area contributed by atoms with Gasteiger partial charge in [0.1, 0.15) is 0 Å².